The molecule has 0 radical (unpaired) electrons. The predicted molar refractivity (Wildman–Crippen MR) is 120 cm³/mol. The molecule has 0 saturated heterocycles. The van der Waals surface area contributed by atoms with E-state index in [1.54, 1.807) is 24.3 Å². The highest BCUT2D eigenvalue weighted by molar-refractivity contribution is 7.92. The van der Waals surface area contributed by atoms with E-state index < -0.39 is 16.0 Å². The van der Waals surface area contributed by atoms with Crippen LogP contribution in [0.15, 0.2) is 65.6 Å². The number of rotatable bonds is 5. The van der Waals surface area contributed by atoms with Crippen molar-refractivity contribution in [3.8, 4) is 6.07 Å². The van der Waals surface area contributed by atoms with E-state index in [0.717, 1.165) is 5.46 Å². The molecule has 0 amide bonds. The maximum Gasteiger partial charge on any atom is 0.338 e. The molecule has 9 heteroatoms. The lowest BCUT2D eigenvalue weighted by Crippen LogP contribution is -2.33. The van der Waals surface area contributed by atoms with Crippen LogP contribution >= 0.6 is 11.6 Å². The first-order valence-electron chi connectivity index (χ1n) is 9.38. The van der Waals surface area contributed by atoms with E-state index in [2.05, 4.69) is 0 Å². The van der Waals surface area contributed by atoms with Crippen molar-refractivity contribution >= 4 is 46.6 Å². The first-order chi connectivity index (χ1) is 14.8. The highest BCUT2D eigenvalue weighted by Crippen LogP contribution is 2.31. The first-order valence-corrected chi connectivity index (χ1v) is 11.2. The van der Waals surface area contributed by atoms with Gasteiger partial charge in [-0.1, -0.05) is 41.3 Å². The number of ether oxygens (including phenoxy) is 1. The van der Waals surface area contributed by atoms with Crippen LogP contribution < -0.4 is 9.77 Å². The molecule has 4 rings (SSSR count). The van der Waals surface area contributed by atoms with Gasteiger partial charge >= 0.3 is 5.97 Å². The number of sulfonamides is 1. The van der Waals surface area contributed by atoms with Crippen LogP contribution in [0.3, 0.4) is 0 Å². The van der Waals surface area contributed by atoms with Crippen molar-refractivity contribution in [1.29, 1.82) is 5.26 Å². The lowest BCUT2D eigenvalue weighted by atomic mass is 9.90. The molecule has 31 heavy (non-hydrogen) atoms. The van der Waals surface area contributed by atoms with Crippen molar-refractivity contribution in [2.75, 3.05) is 4.31 Å². The molecule has 3 aromatic rings. The van der Waals surface area contributed by atoms with Gasteiger partial charge in [0.15, 0.2) is 0 Å². The van der Waals surface area contributed by atoms with E-state index >= 15 is 0 Å². The average Bonchev–Trinajstić information content (AvgIpc) is 3.13. The molecular formula is C22H16BClN2O4S. The third-order valence-corrected chi connectivity index (χ3v) is 7.29. The maximum atomic E-state index is 13.7. The number of anilines is 1. The van der Waals surface area contributed by atoms with Crippen LogP contribution in [-0.4, -0.2) is 22.2 Å². The summed E-state index contributed by atoms with van der Waals surface area (Å²) in [6, 6.07) is 18.0. The van der Waals surface area contributed by atoms with E-state index in [0.29, 0.717) is 27.4 Å². The summed E-state index contributed by atoms with van der Waals surface area (Å²) in [6.45, 7) is 0.119. The molecule has 1 aliphatic heterocycles. The fourth-order valence-corrected chi connectivity index (χ4v) is 5.19. The Morgan fingerprint density at radius 2 is 1.90 bits per heavy atom. The van der Waals surface area contributed by atoms with Gasteiger partial charge in [-0.25, -0.2) is 13.2 Å². The molecular weight excluding hydrogens is 435 g/mol. The quantitative estimate of drug-likeness (QED) is 0.440. The SMILES string of the molecule is Bc1cccc(Cl)c1CN(c1ccc2c(c1)C(=O)OC2)S(=O)(=O)c1cccc(C#N)c1. The Kier molecular flexibility index (Phi) is 5.48. The van der Waals surface area contributed by atoms with E-state index in [9.17, 15) is 18.5 Å². The van der Waals surface area contributed by atoms with Gasteiger partial charge in [0.25, 0.3) is 10.0 Å². The molecule has 0 unspecified atom stereocenters. The second kappa shape index (κ2) is 8.10. The normalized spacial score (nSPS) is 12.7. The highest BCUT2D eigenvalue weighted by Gasteiger charge is 2.29. The van der Waals surface area contributed by atoms with Crippen LogP contribution in [0.1, 0.15) is 27.0 Å². The summed E-state index contributed by atoms with van der Waals surface area (Å²) in [4.78, 5) is 12.0. The summed E-state index contributed by atoms with van der Waals surface area (Å²) >= 11 is 6.38. The zero-order valence-corrected chi connectivity index (χ0v) is 18.1. The summed E-state index contributed by atoms with van der Waals surface area (Å²) in [5, 5.41) is 9.64. The molecule has 0 spiro atoms. The van der Waals surface area contributed by atoms with Gasteiger partial charge in [-0.2, -0.15) is 5.26 Å². The fourth-order valence-electron chi connectivity index (χ4n) is 3.44. The summed E-state index contributed by atoms with van der Waals surface area (Å²) < 4.78 is 33.6. The Morgan fingerprint density at radius 3 is 2.65 bits per heavy atom. The van der Waals surface area contributed by atoms with Crippen LogP contribution in [0.4, 0.5) is 5.69 Å². The number of hydrogen-bond donors (Lipinski definition) is 0. The maximum absolute atomic E-state index is 13.7. The van der Waals surface area contributed by atoms with Gasteiger partial charge in [-0.05, 0) is 42.0 Å². The summed E-state index contributed by atoms with van der Waals surface area (Å²) in [5.74, 6) is -0.491. The molecule has 6 nitrogen and oxygen atoms in total. The fraction of sp³-hybridized carbons (Fsp3) is 0.0909. The number of cyclic esters (lactones) is 1. The van der Waals surface area contributed by atoms with Crippen LogP contribution in [0.2, 0.25) is 5.02 Å². The molecule has 0 fully saturated rings. The van der Waals surface area contributed by atoms with E-state index in [4.69, 9.17) is 16.3 Å². The number of esters is 1. The second-order valence-corrected chi connectivity index (χ2v) is 9.37. The van der Waals surface area contributed by atoms with Gasteiger partial charge < -0.3 is 4.74 Å². The van der Waals surface area contributed by atoms with Gasteiger partial charge in [0.2, 0.25) is 0 Å². The molecule has 0 N–H and O–H groups in total. The average molecular weight is 451 g/mol. The van der Waals surface area contributed by atoms with Gasteiger partial charge in [-0.3, -0.25) is 4.31 Å². The summed E-state index contributed by atoms with van der Waals surface area (Å²) in [7, 11) is -2.23. The van der Waals surface area contributed by atoms with Crippen molar-refractivity contribution < 1.29 is 17.9 Å². The Morgan fingerprint density at radius 1 is 1.13 bits per heavy atom. The van der Waals surface area contributed by atoms with Gasteiger partial charge in [-0.15, -0.1) is 0 Å². The van der Waals surface area contributed by atoms with Crippen LogP contribution in [-0.2, 0) is 27.9 Å². The van der Waals surface area contributed by atoms with Crippen LogP contribution in [0, 0.1) is 11.3 Å². The van der Waals surface area contributed by atoms with Gasteiger partial charge in [0.1, 0.15) is 14.5 Å². The number of benzene rings is 3. The topological polar surface area (TPSA) is 87.5 Å². The molecule has 0 atom stereocenters. The van der Waals surface area contributed by atoms with Gasteiger partial charge in [0.05, 0.1) is 34.3 Å². The van der Waals surface area contributed by atoms with Crippen molar-refractivity contribution in [1.82, 2.24) is 0 Å². The molecule has 1 heterocycles. The van der Waals surface area contributed by atoms with E-state index in [1.165, 1.54) is 34.6 Å². The van der Waals surface area contributed by atoms with Crippen molar-refractivity contribution in [2.24, 2.45) is 0 Å². The lowest BCUT2D eigenvalue weighted by molar-refractivity contribution is 0.0535. The van der Waals surface area contributed by atoms with E-state index in [1.807, 2.05) is 20.0 Å². The minimum Gasteiger partial charge on any atom is -0.457 e. The van der Waals surface area contributed by atoms with Crippen LogP contribution in [0.25, 0.3) is 0 Å². The minimum absolute atomic E-state index is 0.0284. The number of hydrogen-bond acceptors (Lipinski definition) is 5. The minimum atomic E-state index is -4.08. The standard InChI is InChI=1S/C22H16BClN2O4S/c23-20-5-2-6-21(24)19(20)12-26(16-8-7-15-13-30-22(27)18(15)10-16)31(28,29)17-4-1-3-14(9-17)11-25/h1-10H,12-13,23H2. The second-order valence-electron chi connectivity index (χ2n) is 7.10. The zero-order chi connectivity index (χ0) is 22.2. The molecule has 0 aromatic heterocycles. The number of carbonyl (C=O) groups is 1. The molecule has 0 bridgehead atoms. The molecule has 1 aliphatic rings. The smallest absolute Gasteiger partial charge is 0.338 e. The van der Waals surface area contributed by atoms with Crippen molar-refractivity contribution in [2.45, 2.75) is 18.0 Å². The summed E-state index contributed by atoms with van der Waals surface area (Å²) in [6.07, 6.45) is 0. The Labute approximate surface area is 186 Å². The molecule has 3 aromatic carbocycles. The monoisotopic (exact) mass is 450 g/mol. The largest absolute Gasteiger partial charge is 0.457 e. The third-order valence-electron chi connectivity index (χ3n) is 5.17. The Bertz CT molecular complexity index is 1330. The number of fused-ring (bicyclic) bond motifs is 1. The van der Waals surface area contributed by atoms with Gasteiger partial charge in [0, 0.05) is 10.6 Å². The molecule has 154 valence electrons. The number of halogens is 1. The zero-order valence-electron chi connectivity index (χ0n) is 16.5. The predicted octanol–water partition coefficient (Wildman–Crippen LogP) is 2.54. The highest BCUT2D eigenvalue weighted by atomic mass is 35.5. The number of carbonyl (C=O) groups excluding carboxylic acids is 1. The Balaban J connectivity index is 1.88. The third kappa shape index (κ3) is 3.90. The number of nitrogens with zero attached hydrogens (tertiary/aromatic N) is 2. The van der Waals surface area contributed by atoms with Crippen LogP contribution in [0.5, 0.6) is 0 Å². The molecule has 0 aliphatic carbocycles. The summed E-state index contributed by atoms with van der Waals surface area (Å²) in [5.41, 5.74) is 3.05. The Hall–Kier alpha value is -3.28. The first kappa shape index (κ1) is 21.0. The molecule has 0 saturated carbocycles. The van der Waals surface area contributed by atoms with Crippen molar-refractivity contribution in [3.05, 3.63) is 87.9 Å². The van der Waals surface area contributed by atoms with E-state index in [-0.39, 0.29) is 23.6 Å². The van der Waals surface area contributed by atoms with Crippen molar-refractivity contribution in [3.63, 3.8) is 0 Å². The lowest BCUT2D eigenvalue weighted by Gasteiger charge is -2.26. The number of nitriles is 1.